The van der Waals surface area contributed by atoms with Crippen molar-refractivity contribution in [2.45, 2.75) is 58.3 Å². The fourth-order valence-electron chi connectivity index (χ4n) is 3.60. The summed E-state index contributed by atoms with van der Waals surface area (Å²) >= 11 is 0. The molecule has 2 bridgehead atoms. The van der Waals surface area contributed by atoms with Gasteiger partial charge in [0.25, 0.3) is 0 Å². The third-order valence-corrected chi connectivity index (χ3v) is 5.00. The number of rotatable bonds is 5. The zero-order chi connectivity index (χ0) is 17.3. The van der Waals surface area contributed by atoms with Crippen LogP contribution in [0.25, 0.3) is 0 Å². The molecule has 2 aliphatic carbocycles. The third-order valence-electron chi connectivity index (χ3n) is 5.00. The van der Waals surface area contributed by atoms with Crippen LogP contribution in [0.5, 0.6) is 0 Å². The van der Waals surface area contributed by atoms with Crippen molar-refractivity contribution in [1.29, 1.82) is 0 Å². The Bertz CT molecular complexity index is 679. The molecule has 1 heterocycles. The predicted molar refractivity (Wildman–Crippen MR) is 90.4 cm³/mol. The first-order chi connectivity index (χ1) is 11.5. The molecule has 1 saturated carbocycles. The van der Waals surface area contributed by atoms with Gasteiger partial charge in [0.1, 0.15) is 5.82 Å². The largest absolute Gasteiger partial charge is 0.294 e. The molecule has 1 fully saturated rings. The highest BCUT2D eigenvalue weighted by molar-refractivity contribution is 5.90. The number of allylic oxidation sites excluding steroid dienone is 2. The number of amides is 2. The second kappa shape index (κ2) is 6.30. The lowest BCUT2D eigenvalue weighted by Gasteiger charge is -2.27. The smallest absolute Gasteiger partial charge is 0.234 e. The Hall–Kier alpha value is -2.31. The molecule has 0 saturated heterocycles. The molecule has 7 nitrogen and oxygen atoms in total. The minimum atomic E-state index is -0.189. The number of hydrogen-bond acceptors (Lipinski definition) is 5. The lowest BCUT2D eigenvalue weighted by atomic mass is 9.80. The van der Waals surface area contributed by atoms with E-state index in [0.29, 0.717) is 24.6 Å². The normalized spacial score (nSPS) is 24.6. The summed E-state index contributed by atoms with van der Waals surface area (Å²) in [5.41, 5.74) is 1.08. The number of anilines is 2. The van der Waals surface area contributed by atoms with Crippen LogP contribution in [0.2, 0.25) is 0 Å². The van der Waals surface area contributed by atoms with Gasteiger partial charge >= 0.3 is 0 Å². The summed E-state index contributed by atoms with van der Waals surface area (Å²) in [6.07, 6.45) is 6.07. The van der Waals surface area contributed by atoms with Crippen molar-refractivity contribution in [3.8, 4) is 0 Å². The van der Waals surface area contributed by atoms with Crippen molar-refractivity contribution >= 4 is 23.7 Å². The van der Waals surface area contributed by atoms with E-state index in [1.54, 1.807) is 13.8 Å². The number of carbonyl (C=O) groups excluding carboxylic acids is 2. The highest BCUT2D eigenvalue weighted by Gasteiger charge is 2.48. The third kappa shape index (κ3) is 2.90. The van der Waals surface area contributed by atoms with Gasteiger partial charge < -0.3 is 0 Å². The summed E-state index contributed by atoms with van der Waals surface area (Å²) in [5.74, 6) is 1.29. The van der Waals surface area contributed by atoms with Gasteiger partial charge in [-0.15, -0.1) is 0 Å². The summed E-state index contributed by atoms with van der Waals surface area (Å²) in [4.78, 5) is 36.6. The Kier molecular flexibility index (Phi) is 4.34. The maximum atomic E-state index is 11.7. The lowest BCUT2D eigenvalue weighted by molar-refractivity contribution is -0.116. The Morgan fingerprint density at radius 3 is 2.12 bits per heavy atom. The molecule has 2 amide bonds. The van der Waals surface area contributed by atoms with E-state index in [1.165, 1.54) is 5.57 Å². The van der Waals surface area contributed by atoms with Crippen molar-refractivity contribution in [3.63, 3.8) is 0 Å². The second-order valence-electron chi connectivity index (χ2n) is 6.54. The maximum Gasteiger partial charge on any atom is 0.234 e. The molecule has 24 heavy (non-hydrogen) atoms. The summed E-state index contributed by atoms with van der Waals surface area (Å²) in [6.45, 7) is 5.64. The summed E-state index contributed by atoms with van der Waals surface area (Å²) in [7, 11) is 0. The van der Waals surface area contributed by atoms with E-state index in [2.05, 4.69) is 38.6 Å². The van der Waals surface area contributed by atoms with Crippen LogP contribution in [0.3, 0.4) is 0 Å². The van der Waals surface area contributed by atoms with E-state index in [-0.39, 0.29) is 29.1 Å². The SMILES string of the molecule is CCC(=O)Nc1nc(NC(=O)CC)nc(C23CCC(C=C2C)C3)n1. The quantitative estimate of drug-likeness (QED) is 0.809. The zero-order valence-corrected chi connectivity index (χ0v) is 14.3. The number of aromatic nitrogens is 3. The highest BCUT2D eigenvalue weighted by atomic mass is 16.2. The zero-order valence-electron chi connectivity index (χ0n) is 14.3. The number of nitrogens with one attached hydrogen (secondary N) is 2. The van der Waals surface area contributed by atoms with Gasteiger partial charge in [-0.05, 0) is 32.1 Å². The van der Waals surface area contributed by atoms with Crippen LogP contribution in [-0.4, -0.2) is 26.8 Å². The molecule has 128 valence electrons. The topological polar surface area (TPSA) is 96.9 Å². The number of fused-ring (bicyclic) bond motifs is 2. The first-order valence-electron chi connectivity index (χ1n) is 8.52. The molecule has 3 rings (SSSR count). The van der Waals surface area contributed by atoms with Crippen molar-refractivity contribution in [2.24, 2.45) is 5.92 Å². The van der Waals surface area contributed by atoms with Crippen LogP contribution in [-0.2, 0) is 15.0 Å². The molecule has 1 aromatic heterocycles. The van der Waals surface area contributed by atoms with E-state index in [9.17, 15) is 9.59 Å². The van der Waals surface area contributed by atoms with Gasteiger partial charge in [-0.25, -0.2) is 0 Å². The van der Waals surface area contributed by atoms with Gasteiger partial charge in [0.15, 0.2) is 0 Å². The summed E-state index contributed by atoms with van der Waals surface area (Å²) in [6, 6.07) is 0. The molecule has 2 atom stereocenters. The molecule has 7 heteroatoms. The average Bonchev–Trinajstić information content (AvgIpc) is 3.12. The second-order valence-corrected chi connectivity index (χ2v) is 6.54. The van der Waals surface area contributed by atoms with E-state index < -0.39 is 0 Å². The van der Waals surface area contributed by atoms with Gasteiger partial charge in [0, 0.05) is 12.8 Å². The predicted octanol–water partition coefficient (Wildman–Crippen LogP) is 2.57. The van der Waals surface area contributed by atoms with Crippen molar-refractivity contribution in [1.82, 2.24) is 15.0 Å². The van der Waals surface area contributed by atoms with Gasteiger partial charge in [-0.3, -0.25) is 20.2 Å². The standard InChI is InChI=1S/C17H23N5O2/c1-4-12(23)18-15-20-14(21-16(22-15)19-13(24)5-2)17-7-6-11(9-17)8-10(17)3/h8,11H,4-7,9H2,1-3H3,(H2,18,19,20,21,22,23,24). The fraction of sp³-hybridized carbons (Fsp3) is 0.588. The molecule has 0 aromatic carbocycles. The van der Waals surface area contributed by atoms with Gasteiger partial charge in [-0.2, -0.15) is 15.0 Å². The van der Waals surface area contributed by atoms with E-state index in [1.807, 2.05) is 0 Å². The van der Waals surface area contributed by atoms with Crippen LogP contribution >= 0.6 is 0 Å². The monoisotopic (exact) mass is 329 g/mol. The Labute approximate surface area is 141 Å². The fourth-order valence-corrected chi connectivity index (χ4v) is 3.60. The van der Waals surface area contributed by atoms with Crippen molar-refractivity contribution in [2.75, 3.05) is 10.6 Å². The maximum absolute atomic E-state index is 11.7. The van der Waals surface area contributed by atoms with Gasteiger partial charge in [0.2, 0.25) is 23.7 Å². The van der Waals surface area contributed by atoms with Gasteiger partial charge in [0.05, 0.1) is 5.41 Å². The first kappa shape index (κ1) is 16.5. The van der Waals surface area contributed by atoms with Crippen molar-refractivity contribution < 1.29 is 9.59 Å². The van der Waals surface area contributed by atoms with Crippen LogP contribution in [0.4, 0.5) is 11.9 Å². The first-order valence-corrected chi connectivity index (χ1v) is 8.52. The summed E-state index contributed by atoms with van der Waals surface area (Å²) in [5, 5.41) is 5.37. The van der Waals surface area contributed by atoms with Gasteiger partial charge in [-0.1, -0.05) is 25.5 Å². The van der Waals surface area contributed by atoms with Crippen LogP contribution in [0.15, 0.2) is 11.6 Å². The van der Waals surface area contributed by atoms with E-state index in [4.69, 9.17) is 0 Å². The molecular formula is C17H23N5O2. The minimum Gasteiger partial charge on any atom is -0.294 e. The van der Waals surface area contributed by atoms with Crippen LogP contribution < -0.4 is 10.6 Å². The Morgan fingerprint density at radius 1 is 1.12 bits per heavy atom. The number of nitrogens with zero attached hydrogens (tertiary/aromatic N) is 3. The Morgan fingerprint density at radius 2 is 1.71 bits per heavy atom. The molecule has 0 spiro atoms. The summed E-state index contributed by atoms with van der Waals surface area (Å²) < 4.78 is 0. The minimum absolute atomic E-state index is 0.166. The van der Waals surface area contributed by atoms with Crippen LogP contribution in [0.1, 0.15) is 58.7 Å². The molecular weight excluding hydrogens is 306 g/mol. The molecule has 0 aliphatic heterocycles. The lowest BCUT2D eigenvalue weighted by Crippen LogP contribution is -2.28. The molecule has 2 N–H and O–H groups in total. The van der Waals surface area contributed by atoms with E-state index in [0.717, 1.165) is 19.3 Å². The Balaban J connectivity index is 2.00. The molecule has 2 unspecified atom stereocenters. The average molecular weight is 329 g/mol. The van der Waals surface area contributed by atoms with E-state index >= 15 is 0 Å². The molecule has 0 radical (unpaired) electrons. The van der Waals surface area contributed by atoms with Crippen LogP contribution in [0, 0.1) is 5.92 Å². The number of hydrogen-bond donors (Lipinski definition) is 2. The molecule has 1 aromatic rings. The molecule has 2 aliphatic rings. The number of carbonyl (C=O) groups is 2. The highest BCUT2D eigenvalue weighted by Crippen LogP contribution is 2.54. The van der Waals surface area contributed by atoms with Crippen molar-refractivity contribution in [3.05, 3.63) is 17.5 Å².